The van der Waals surface area contributed by atoms with E-state index in [9.17, 15) is 9.18 Å². The van der Waals surface area contributed by atoms with Crippen molar-refractivity contribution in [3.8, 4) is 11.5 Å². The van der Waals surface area contributed by atoms with Gasteiger partial charge in [0.15, 0.2) is 5.78 Å². The van der Waals surface area contributed by atoms with E-state index in [4.69, 9.17) is 9.47 Å². The highest BCUT2D eigenvalue weighted by molar-refractivity contribution is 6.00. The maximum absolute atomic E-state index is 13.2. The number of hydrogen-bond donors (Lipinski definition) is 0. The van der Waals surface area contributed by atoms with Crippen LogP contribution in [0.4, 0.5) is 4.39 Å². The molecule has 0 amide bonds. The smallest absolute Gasteiger partial charge is 0.170 e. The van der Waals surface area contributed by atoms with E-state index in [1.54, 1.807) is 0 Å². The second-order valence-electron chi connectivity index (χ2n) is 5.61. The van der Waals surface area contributed by atoms with E-state index >= 15 is 0 Å². The highest BCUT2D eigenvalue weighted by Gasteiger charge is 2.28. The van der Waals surface area contributed by atoms with Crippen molar-refractivity contribution in [2.45, 2.75) is 32.5 Å². The van der Waals surface area contributed by atoms with Crippen LogP contribution in [-0.2, 0) is 0 Å². The Labute approximate surface area is 128 Å². The van der Waals surface area contributed by atoms with Gasteiger partial charge in [0.1, 0.15) is 23.4 Å². The van der Waals surface area contributed by atoms with Crippen LogP contribution in [0.25, 0.3) is 0 Å². The van der Waals surface area contributed by atoms with Gasteiger partial charge in [0.25, 0.3) is 0 Å². The van der Waals surface area contributed by atoms with Crippen molar-refractivity contribution < 1.29 is 18.7 Å². The molecular formula is C18H17FO3. The molecule has 0 saturated heterocycles. The molecule has 114 valence electrons. The van der Waals surface area contributed by atoms with Crippen molar-refractivity contribution in [2.75, 3.05) is 0 Å². The molecule has 3 rings (SSSR count). The molecule has 4 heteroatoms. The third-order valence-corrected chi connectivity index (χ3v) is 3.48. The van der Waals surface area contributed by atoms with Crippen LogP contribution in [0.2, 0.25) is 0 Å². The first-order valence-corrected chi connectivity index (χ1v) is 7.29. The van der Waals surface area contributed by atoms with Gasteiger partial charge < -0.3 is 9.47 Å². The van der Waals surface area contributed by atoms with Gasteiger partial charge in [-0.2, -0.15) is 0 Å². The van der Waals surface area contributed by atoms with E-state index in [1.807, 2.05) is 38.1 Å². The van der Waals surface area contributed by atoms with Gasteiger partial charge in [-0.1, -0.05) is 12.1 Å². The van der Waals surface area contributed by atoms with Gasteiger partial charge in [0.05, 0.1) is 18.1 Å². The number of fused-ring (bicyclic) bond motifs is 1. The maximum Gasteiger partial charge on any atom is 0.170 e. The van der Waals surface area contributed by atoms with Crippen LogP contribution in [0.3, 0.4) is 0 Å². The number of halogens is 1. The molecule has 0 aliphatic carbocycles. The van der Waals surface area contributed by atoms with Gasteiger partial charge in [-0.05, 0) is 49.7 Å². The Morgan fingerprint density at radius 2 is 2.05 bits per heavy atom. The third kappa shape index (κ3) is 2.96. The van der Waals surface area contributed by atoms with Crippen LogP contribution in [0.5, 0.6) is 11.5 Å². The SMILES string of the molecule is CC(C)Oc1cccc([C@H]2CC(=O)c3cc(F)ccc3O2)c1. The van der Waals surface area contributed by atoms with Gasteiger partial charge in [-0.15, -0.1) is 0 Å². The minimum Gasteiger partial charge on any atom is -0.491 e. The molecule has 3 nitrogen and oxygen atoms in total. The lowest BCUT2D eigenvalue weighted by atomic mass is 9.96. The Morgan fingerprint density at radius 3 is 2.82 bits per heavy atom. The second-order valence-corrected chi connectivity index (χ2v) is 5.61. The Hall–Kier alpha value is -2.36. The van der Waals surface area contributed by atoms with Crippen LogP contribution in [0.1, 0.15) is 42.3 Å². The molecule has 2 aromatic carbocycles. The number of carbonyl (C=O) groups excluding carboxylic acids is 1. The summed E-state index contributed by atoms with van der Waals surface area (Å²) in [7, 11) is 0. The second kappa shape index (κ2) is 5.79. The quantitative estimate of drug-likeness (QED) is 0.847. The first-order chi connectivity index (χ1) is 10.5. The summed E-state index contributed by atoms with van der Waals surface area (Å²) in [5.74, 6) is 0.633. The summed E-state index contributed by atoms with van der Waals surface area (Å²) in [6.07, 6.45) is -0.101. The summed E-state index contributed by atoms with van der Waals surface area (Å²) in [5, 5.41) is 0. The fourth-order valence-electron chi connectivity index (χ4n) is 2.54. The molecule has 0 fully saturated rings. The highest BCUT2D eigenvalue weighted by atomic mass is 19.1. The number of Topliss-reactive ketones (excluding diaryl/α,β-unsaturated/α-hetero) is 1. The van der Waals surface area contributed by atoms with E-state index in [0.717, 1.165) is 11.3 Å². The van der Waals surface area contributed by atoms with Gasteiger partial charge in [-0.25, -0.2) is 4.39 Å². The summed E-state index contributed by atoms with van der Waals surface area (Å²) in [5.41, 5.74) is 1.19. The Kier molecular flexibility index (Phi) is 3.84. The van der Waals surface area contributed by atoms with Crippen molar-refractivity contribution in [1.29, 1.82) is 0 Å². The van der Waals surface area contributed by atoms with Crippen molar-refractivity contribution in [3.63, 3.8) is 0 Å². The standard InChI is InChI=1S/C18H17FO3/c1-11(2)21-14-5-3-4-12(8-14)18-10-16(20)15-9-13(19)6-7-17(15)22-18/h3-9,11,18H,10H2,1-2H3/t18-/m1/s1. The number of ketones is 1. The third-order valence-electron chi connectivity index (χ3n) is 3.48. The molecule has 0 unspecified atom stereocenters. The lowest BCUT2D eigenvalue weighted by Crippen LogP contribution is -2.20. The van der Waals surface area contributed by atoms with E-state index in [0.29, 0.717) is 11.3 Å². The zero-order valence-corrected chi connectivity index (χ0v) is 12.5. The maximum atomic E-state index is 13.2. The summed E-state index contributed by atoms with van der Waals surface area (Å²) in [6.45, 7) is 3.91. The van der Waals surface area contributed by atoms with Crippen molar-refractivity contribution in [3.05, 3.63) is 59.4 Å². The monoisotopic (exact) mass is 300 g/mol. The largest absolute Gasteiger partial charge is 0.491 e. The van der Waals surface area contributed by atoms with Crippen LogP contribution in [-0.4, -0.2) is 11.9 Å². The highest BCUT2D eigenvalue weighted by Crippen LogP contribution is 2.36. The average Bonchev–Trinajstić information content (AvgIpc) is 2.47. The fourth-order valence-corrected chi connectivity index (χ4v) is 2.54. The number of ether oxygens (including phenoxy) is 2. The van der Waals surface area contributed by atoms with Gasteiger partial charge in [0.2, 0.25) is 0 Å². The first-order valence-electron chi connectivity index (χ1n) is 7.29. The van der Waals surface area contributed by atoms with Crippen molar-refractivity contribution >= 4 is 5.78 Å². The van der Waals surface area contributed by atoms with Crippen molar-refractivity contribution in [2.24, 2.45) is 0 Å². The first kappa shape index (κ1) is 14.6. The lowest BCUT2D eigenvalue weighted by Gasteiger charge is -2.26. The summed E-state index contributed by atoms with van der Waals surface area (Å²) in [4.78, 5) is 12.2. The zero-order valence-electron chi connectivity index (χ0n) is 12.5. The normalized spacial score (nSPS) is 17.1. The molecule has 0 radical (unpaired) electrons. The average molecular weight is 300 g/mol. The summed E-state index contributed by atoms with van der Waals surface area (Å²) < 4.78 is 24.8. The van der Waals surface area contributed by atoms with Crippen molar-refractivity contribution in [1.82, 2.24) is 0 Å². The van der Waals surface area contributed by atoms with Crippen LogP contribution >= 0.6 is 0 Å². The Morgan fingerprint density at radius 1 is 1.23 bits per heavy atom. The molecule has 1 atom stereocenters. The summed E-state index contributed by atoms with van der Waals surface area (Å²) >= 11 is 0. The van der Waals surface area contributed by atoms with Gasteiger partial charge >= 0.3 is 0 Å². The molecule has 0 N–H and O–H groups in total. The summed E-state index contributed by atoms with van der Waals surface area (Å²) in [6, 6.07) is 11.6. The molecular weight excluding hydrogens is 283 g/mol. The van der Waals surface area contributed by atoms with E-state index in [-0.39, 0.29) is 24.4 Å². The van der Waals surface area contributed by atoms with E-state index < -0.39 is 5.82 Å². The number of benzene rings is 2. The minimum atomic E-state index is -0.429. The molecule has 1 heterocycles. The zero-order chi connectivity index (χ0) is 15.7. The van der Waals surface area contributed by atoms with Crippen LogP contribution in [0, 0.1) is 5.82 Å². The molecule has 1 aliphatic heterocycles. The lowest BCUT2D eigenvalue weighted by molar-refractivity contribution is 0.0848. The molecule has 22 heavy (non-hydrogen) atoms. The molecule has 0 spiro atoms. The van der Waals surface area contributed by atoms with Crippen LogP contribution < -0.4 is 9.47 Å². The molecule has 2 aromatic rings. The Bertz CT molecular complexity index is 709. The Balaban J connectivity index is 1.88. The molecule has 0 saturated carbocycles. The van der Waals surface area contributed by atoms with Crippen LogP contribution in [0.15, 0.2) is 42.5 Å². The fraction of sp³-hybridized carbons (Fsp3) is 0.278. The predicted octanol–water partition coefficient (Wildman–Crippen LogP) is 4.32. The number of carbonyl (C=O) groups is 1. The number of hydrogen-bond acceptors (Lipinski definition) is 3. The minimum absolute atomic E-state index is 0.0767. The van der Waals surface area contributed by atoms with E-state index in [1.165, 1.54) is 18.2 Å². The topological polar surface area (TPSA) is 35.5 Å². The van der Waals surface area contributed by atoms with Gasteiger partial charge in [0, 0.05) is 0 Å². The number of rotatable bonds is 3. The molecule has 1 aliphatic rings. The molecule has 0 bridgehead atoms. The molecule has 0 aromatic heterocycles. The van der Waals surface area contributed by atoms with Gasteiger partial charge in [-0.3, -0.25) is 4.79 Å². The predicted molar refractivity (Wildman–Crippen MR) is 80.9 cm³/mol. The van der Waals surface area contributed by atoms with E-state index in [2.05, 4.69) is 0 Å².